The first-order valence-corrected chi connectivity index (χ1v) is 5.45. The summed E-state index contributed by atoms with van der Waals surface area (Å²) in [5, 5.41) is 8.30. The third-order valence-electron chi connectivity index (χ3n) is 2.40. The molecule has 0 bridgehead atoms. The molecule has 1 heterocycles. The quantitative estimate of drug-likeness (QED) is 0.573. The van der Waals surface area contributed by atoms with Crippen LogP contribution < -0.4 is 0 Å². The van der Waals surface area contributed by atoms with E-state index < -0.39 is 11.9 Å². The highest BCUT2D eigenvalue weighted by Crippen LogP contribution is 2.10. The van der Waals surface area contributed by atoms with Gasteiger partial charge >= 0.3 is 11.9 Å². The van der Waals surface area contributed by atoms with Gasteiger partial charge in [0.05, 0.1) is 0 Å². The lowest BCUT2D eigenvalue weighted by molar-refractivity contribution is -0.148. The van der Waals surface area contributed by atoms with Crippen LogP contribution in [0.5, 0.6) is 0 Å². The molecule has 94 valence electrons. The minimum absolute atomic E-state index is 0.0301. The van der Waals surface area contributed by atoms with Crippen molar-refractivity contribution in [2.45, 2.75) is 25.7 Å². The summed E-state index contributed by atoms with van der Waals surface area (Å²) in [5.41, 5.74) is 0. The summed E-state index contributed by atoms with van der Waals surface area (Å²) in [6.45, 7) is 0.469. The van der Waals surface area contributed by atoms with Gasteiger partial charge in [-0.15, -0.1) is 0 Å². The van der Waals surface area contributed by atoms with E-state index in [9.17, 15) is 14.4 Å². The normalized spacial score (nSPS) is 16.9. The lowest BCUT2D eigenvalue weighted by atomic mass is 10.2. The predicted molar refractivity (Wildman–Crippen MR) is 57.9 cm³/mol. The lowest BCUT2D eigenvalue weighted by Crippen LogP contribution is -2.33. The minimum atomic E-state index is -1.22. The first-order chi connectivity index (χ1) is 8.09. The number of likely N-dealkylation sites (tertiary alicyclic amines) is 1. The van der Waals surface area contributed by atoms with Crippen LogP contribution in [0.4, 0.5) is 0 Å². The average molecular weight is 241 g/mol. The molecule has 0 saturated carbocycles. The summed E-state index contributed by atoms with van der Waals surface area (Å²) in [7, 11) is 0. The number of amides is 1. The highest BCUT2D eigenvalue weighted by molar-refractivity contribution is 5.90. The zero-order valence-electron chi connectivity index (χ0n) is 9.42. The standard InChI is InChI=1S/C11H15NO5/c13-9-4-2-1-3-7-12(9)8-17-11(16)6-5-10(14)15/h5-6H,1-4,7-8H2,(H,14,15)/b6-5+. The highest BCUT2D eigenvalue weighted by atomic mass is 16.5. The highest BCUT2D eigenvalue weighted by Gasteiger charge is 2.17. The molecular weight excluding hydrogens is 226 g/mol. The van der Waals surface area contributed by atoms with E-state index in [0.29, 0.717) is 19.0 Å². The summed E-state index contributed by atoms with van der Waals surface area (Å²) in [6, 6.07) is 0. The number of ether oxygens (including phenoxy) is 1. The number of aliphatic carboxylic acids is 1. The molecule has 1 aliphatic rings. The smallest absolute Gasteiger partial charge is 0.332 e. The minimum Gasteiger partial charge on any atom is -0.478 e. The summed E-state index contributed by atoms with van der Waals surface area (Å²) in [4.78, 5) is 34.2. The first-order valence-electron chi connectivity index (χ1n) is 5.45. The number of esters is 1. The number of hydrogen-bond donors (Lipinski definition) is 1. The van der Waals surface area contributed by atoms with Gasteiger partial charge in [-0.2, -0.15) is 0 Å². The van der Waals surface area contributed by atoms with Gasteiger partial charge in [0.2, 0.25) is 5.91 Å². The Morgan fingerprint density at radius 2 is 2.06 bits per heavy atom. The molecule has 1 amide bonds. The van der Waals surface area contributed by atoms with Crippen molar-refractivity contribution < 1.29 is 24.2 Å². The Bertz CT molecular complexity index is 337. The molecule has 0 aromatic carbocycles. The van der Waals surface area contributed by atoms with E-state index in [4.69, 9.17) is 9.84 Å². The molecule has 0 aromatic heterocycles. The largest absolute Gasteiger partial charge is 0.478 e. The fourth-order valence-corrected chi connectivity index (χ4v) is 1.50. The van der Waals surface area contributed by atoms with Gasteiger partial charge in [-0.1, -0.05) is 6.42 Å². The Morgan fingerprint density at radius 3 is 2.76 bits per heavy atom. The van der Waals surface area contributed by atoms with Gasteiger partial charge < -0.3 is 14.7 Å². The van der Waals surface area contributed by atoms with Gasteiger partial charge in [0.1, 0.15) is 0 Å². The maximum absolute atomic E-state index is 11.5. The Balaban J connectivity index is 2.35. The molecule has 0 radical (unpaired) electrons. The number of carbonyl (C=O) groups is 3. The topological polar surface area (TPSA) is 83.9 Å². The molecule has 6 nitrogen and oxygen atoms in total. The number of carbonyl (C=O) groups excluding carboxylic acids is 2. The van der Waals surface area contributed by atoms with Crippen LogP contribution in [-0.2, 0) is 19.1 Å². The van der Waals surface area contributed by atoms with Crippen molar-refractivity contribution in [2.24, 2.45) is 0 Å². The average Bonchev–Trinajstić information content (AvgIpc) is 2.48. The molecular formula is C11H15NO5. The monoisotopic (exact) mass is 241 g/mol. The second-order valence-electron chi connectivity index (χ2n) is 3.73. The van der Waals surface area contributed by atoms with Gasteiger partial charge in [-0.3, -0.25) is 4.79 Å². The zero-order valence-corrected chi connectivity index (χ0v) is 9.42. The van der Waals surface area contributed by atoms with Crippen molar-refractivity contribution in [3.05, 3.63) is 12.2 Å². The molecule has 1 N–H and O–H groups in total. The number of hydrogen-bond acceptors (Lipinski definition) is 4. The van der Waals surface area contributed by atoms with E-state index in [1.54, 1.807) is 0 Å². The molecule has 0 spiro atoms. The van der Waals surface area contributed by atoms with Crippen LogP contribution in [0.15, 0.2) is 12.2 Å². The van der Waals surface area contributed by atoms with E-state index in [-0.39, 0.29) is 12.6 Å². The third-order valence-corrected chi connectivity index (χ3v) is 2.40. The number of carboxylic acid groups (broad SMARTS) is 1. The molecule has 0 aromatic rings. The molecule has 1 saturated heterocycles. The molecule has 1 rings (SSSR count). The molecule has 0 unspecified atom stereocenters. The van der Waals surface area contributed by atoms with Crippen LogP contribution in [0.1, 0.15) is 25.7 Å². The van der Waals surface area contributed by atoms with Gasteiger partial charge in [0.25, 0.3) is 0 Å². The summed E-state index contributed by atoms with van der Waals surface area (Å²) >= 11 is 0. The van der Waals surface area contributed by atoms with Crippen molar-refractivity contribution in [1.29, 1.82) is 0 Å². The van der Waals surface area contributed by atoms with Crippen LogP contribution in [0.25, 0.3) is 0 Å². The fraction of sp³-hybridized carbons (Fsp3) is 0.545. The molecule has 0 aliphatic carbocycles. The van der Waals surface area contributed by atoms with Gasteiger partial charge in [0.15, 0.2) is 6.73 Å². The van der Waals surface area contributed by atoms with E-state index >= 15 is 0 Å². The molecule has 17 heavy (non-hydrogen) atoms. The van der Waals surface area contributed by atoms with Crippen LogP contribution >= 0.6 is 0 Å². The Kier molecular flexibility index (Phi) is 5.19. The number of nitrogens with zero attached hydrogens (tertiary/aromatic N) is 1. The van der Waals surface area contributed by atoms with Crippen LogP contribution in [0, 0.1) is 0 Å². The Labute approximate surface area is 98.8 Å². The maximum Gasteiger partial charge on any atom is 0.332 e. The van der Waals surface area contributed by atoms with Crippen molar-refractivity contribution in [3.8, 4) is 0 Å². The van der Waals surface area contributed by atoms with Crippen LogP contribution in [0.2, 0.25) is 0 Å². The summed E-state index contributed by atoms with van der Waals surface area (Å²) in [5.74, 6) is -2.00. The Morgan fingerprint density at radius 1 is 1.29 bits per heavy atom. The summed E-state index contributed by atoms with van der Waals surface area (Å²) in [6.07, 6.45) is 4.76. The van der Waals surface area contributed by atoms with Gasteiger partial charge in [0, 0.05) is 25.1 Å². The second kappa shape index (κ2) is 6.67. The third kappa shape index (κ3) is 5.14. The Hall–Kier alpha value is -1.85. The van der Waals surface area contributed by atoms with Crippen LogP contribution in [-0.4, -0.2) is 41.1 Å². The van der Waals surface area contributed by atoms with E-state index in [1.165, 1.54) is 4.90 Å². The number of rotatable bonds is 4. The van der Waals surface area contributed by atoms with Crippen molar-refractivity contribution in [1.82, 2.24) is 4.90 Å². The summed E-state index contributed by atoms with van der Waals surface area (Å²) < 4.78 is 4.77. The molecule has 6 heteroatoms. The molecule has 0 atom stereocenters. The van der Waals surface area contributed by atoms with Crippen molar-refractivity contribution >= 4 is 17.8 Å². The second-order valence-corrected chi connectivity index (χ2v) is 3.73. The lowest BCUT2D eigenvalue weighted by Gasteiger charge is -2.19. The van der Waals surface area contributed by atoms with Crippen molar-refractivity contribution in [3.63, 3.8) is 0 Å². The maximum atomic E-state index is 11.5. The van der Waals surface area contributed by atoms with Gasteiger partial charge in [-0.05, 0) is 12.8 Å². The van der Waals surface area contributed by atoms with E-state index in [1.807, 2.05) is 0 Å². The van der Waals surface area contributed by atoms with E-state index in [0.717, 1.165) is 25.3 Å². The first kappa shape index (κ1) is 13.2. The predicted octanol–water partition coefficient (Wildman–Crippen LogP) is 0.530. The number of carboxylic acids is 1. The zero-order chi connectivity index (χ0) is 12.7. The van der Waals surface area contributed by atoms with Crippen molar-refractivity contribution in [2.75, 3.05) is 13.3 Å². The molecule has 1 aliphatic heterocycles. The molecule has 1 fully saturated rings. The fourth-order valence-electron chi connectivity index (χ4n) is 1.50. The SMILES string of the molecule is O=C(O)/C=C/C(=O)OCN1CCCCCC1=O. The van der Waals surface area contributed by atoms with Crippen LogP contribution in [0.3, 0.4) is 0 Å². The van der Waals surface area contributed by atoms with E-state index in [2.05, 4.69) is 0 Å². The van der Waals surface area contributed by atoms with Gasteiger partial charge in [-0.25, -0.2) is 9.59 Å².